The largest absolute Gasteiger partial charge is 0.353 e. The first-order chi connectivity index (χ1) is 13.8. The standard InChI is InChI=1S/C20H23NO7S2/c1-12-3-5-18(29(23,24)25)14(7-12)9-16-11-17(21-20(16)22)10-15-8-13(2)4-6-19(15)30(26,27)28/h3-8,16-17H,9-11H2,1-2H3,(H,21,22)(H,23,24,25)(H,26,27,28)/t16-,17-/m0/s1. The van der Waals surface area contributed by atoms with Crippen molar-refractivity contribution in [2.45, 2.75) is 48.9 Å². The number of carbonyl (C=O) groups is 1. The highest BCUT2D eigenvalue weighted by Gasteiger charge is 2.34. The number of hydrogen-bond donors (Lipinski definition) is 3. The molecule has 2 aromatic rings. The average molecular weight is 454 g/mol. The molecule has 0 aromatic heterocycles. The average Bonchev–Trinajstić information content (AvgIpc) is 2.91. The fourth-order valence-corrected chi connectivity index (χ4v) is 5.34. The summed E-state index contributed by atoms with van der Waals surface area (Å²) in [5.74, 6) is -0.805. The van der Waals surface area contributed by atoms with Gasteiger partial charge in [0.1, 0.15) is 0 Å². The molecule has 1 aliphatic heterocycles. The van der Waals surface area contributed by atoms with Gasteiger partial charge in [-0.1, -0.05) is 35.4 Å². The van der Waals surface area contributed by atoms with E-state index in [2.05, 4.69) is 5.32 Å². The summed E-state index contributed by atoms with van der Waals surface area (Å²) in [6, 6.07) is 8.70. The van der Waals surface area contributed by atoms with Crippen molar-refractivity contribution in [2.24, 2.45) is 5.92 Å². The van der Waals surface area contributed by atoms with Crippen LogP contribution in [-0.4, -0.2) is 37.9 Å². The molecule has 1 saturated heterocycles. The number of benzene rings is 2. The van der Waals surface area contributed by atoms with Crippen molar-refractivity contribution < 1.29 is 30.7 Å². The highest BCUT2D eigenvalue weighted by atomic mass is 32.2. The molecular formula is C20H23NO7S2. The molecular weight excluding hydrogens is 430 g/mol. The van der Waals surface area contributed by atoms with Gasteiger partial charge in [0.25, 0.3) is 20.2 Å². The Hall–Kier alpha value is -2.27. The molecule has 0 spiro atoms. The molecule has 1 fully saturated rings. The summed E-state index contributed by atoms with van der Waals surface area (Å²) in [7, 11) is -8.83. The Kier molecular flexibility index (Phi) is 6.06. The lowest BCUT2D eigenvalue weighted by molar-refractivity contribution is -0.122. The Balaban J connectivity index is 1.83. The molecule has 3 N–H and O–H groups in total. The van der Waals surface area contributed by atoms with Gasteiger partial charge < -0.3 is 5.32 Å². The molecule has 0 unspecified atom stereocenters. The molecule has 30 heavy (non-hydrogen) atoms. The molecule has 0 saturated carbocycles. The van der Waals surface area contributed by atoms with Gasteiger partial charge in [0.2, 0.25) is 5.91 Å². The predicted molar refractivity (Wildman–Crippen MR) is 109 cm³/mol. The second-order valence-corrected chi connectivity index (χ2v) is 10.5. The topological polar surface area (TPSA) is 138 Å². The minimum absolute atomic E-state index is 0.123. The van der Waals surface area contributed by atoms with E-state index >= 15 is 0 Å². The number of nitrogens with one attached hydrogen (secondary N) is 1. The third-order valence-corrected chi connectivity index (χ3v) is 7.11. The molecule has 0 bridgehead atoms. The van der Waals surface area contributed by atoms with Crippen LogP contribution in [0.15, 0.2) is 46.2 Å². The van der Waals surface area contributed by atoms with Crippen LogP contribution in [0, 0.1) is 19.8 Å². The molecule has 10 heteroatoms. The zero-order valence-corrected chi connectivity index (χ0v) is 18.1. The molecule has 2 atom stereocenters. The first-order valence-corrected chi connectivity index (χ1v) is 12.2. The summed E-state index contributed by atoms with van der Waals surface area (Å²) in [4.78, 5) is 12.1. The zero-order chi connectivity index (χ0) is 22.3. The van der Waals surface area contributed by atoms with Crippen LogP contribution in [0.4, 0.5) is 0 Å². The van der Waals surface area contributed by atoms with Crippen LogP contribution in [0.5, 0.6) is 0 Å². The summed E-state index contributed by atoms with van der Waals surface area (Å²) in [5.41, 5.74) is 2.37. The van der Waals surface area contributed by atoms with Crippen LogP contribution in [0.3, 0.4) is 0 Å². The fraction of sp³-hybridized carbons (Fsp3) is 0.350. The monoisotopic (exact) mass is 453 g/mol. The third-order valence-electron chi connectivity index (χ3n) is 5.21. The predicted octanol–water partition coefficient (Wildman–Crippen LogP) is 2.09. The van der Waals surface area contributed by atoms with Crippen molar-refractivity contribution in [2.75, 3.05) is 0 Å². The normalized spacial score (nSPS) is 19.7. The van der Waals surface area contributed by atoms with E-state index in [0.29, 0.717) is 17.5 Å². The van der Waals surface area contributed by atoms with Gasteiger partial charge in [-0.25, -0.2) is 0 Å². The number of carbonyl (C=O) groups excluding carboxylic acids is 1. The Labute approximate surface area is 175 Å². The maximum Gasteiger partial charge on any atom is 0.294 e. The van der Waals surface area contributed by atoms with Crippen LogP contribution >= 0.6 is 0 Å². The van der Waals surface area contributed by atoms with Crippen molar-refractivity contribution in [3.8, 4) is 0 Å². The number of hydrogen-bond acceptors (Lipinski definition) is 5. The van der Waals surface area contributed by atoms with Gasteiger partial charge in [-0.3, -0.25) is 13.9 Å². The van der Waals surface area contributed by atoms with Crippen molar-refractivity contribution in [3.63, 3.8) is 0 Å². The van der Waals surface area contributed by atoms with Crippen LogP contribution in [0.25, 0.3) is 0 Å². The summed E-state index contributed by atoms with van der Waals surface area (Å²) in [6.07, 6.45) is 0.687. The van der Waals surface area contributed by atoms with E-state index in [1.165, 1.54) is 12.1 Å². The summed E-state index contributed by atoms with van der Waals surface area (Å²) >= 11 is 0. The van der Waals surface area contributed by atoms with E-state index in [1.54, 1.807) is 38.1 Å². The van der Waals surface area contributed by atoms with E-state index in [9.17, 15) is 30.7 Å². The summed E-state index contributed by atoms with van der Waals surface area (Å²) in [6.45, 7) is 3.57. The number of amides is 1. The Morgan fingerprint density at radius 1 is 0.867 bits per heavy atom. The van der Waals surface area contributed by atoms with Crippen molar-refractivity contribution in [1.29, 1.82) is 0 Å². The van der Waals surface area contributed by atoms with Gasteiger partial charge in [0.15, 0.2) is 0 Å². The molecule has 1 aliphatic rings. The Morgan fingerprint density at radius 2 is 1.33 bits per heavy atom. The maximum atomic E-state index is 12.5. The summed E-state index contributed by atoms with van der Waals surface area (Å²) < 4.78 is 65.6. The van der Waals surface area contributed by atoms with Crippen LogP contribution in [0.1, 0.15) is 28.7 Å². The second kappa shape index (κ2) is 8.10. The van der Waals surface area contributed by atoms with Crippen molar-refractivity contribution in [1.82, 2.24) is 5.32 Å². The minimum Gasteiger partial charge on any atom is -0.353 e. The van der Waals surface area contributed by atoms with Gasteiger partial charge in [-0.15, -0.1) is 0 Å². The maximum absolute atomic E-state index is 12.5. The van der Waals surface area contributed by atoms with Gasteiger partial charge >= 0.3 is 0 Å². The molecule has 2 aromatic carbocycles. The second-order valence-electron chi connectivity index (χ2n) is 7.72. The molecule has 3 rings (SSSR count). The molecule has 1 heterocycles. The van der Waals surface area contributed by atoms with Gasteiger partial charge in [-0.2, -0.15) is 16.8 Å². The molecule has 0 radical (unpaired) electrons. The highest BCUT2D eigenvalue weighted by molar-refractivity contribution is 7.86. The van der Waals surface area contributed by atoms with Crippen LogP contribution < -0.4 is 5.32 Å². The van der Waals surface area contributed by atoms with Crippen LogP contribution in [0.2, 0.25) is 0 Å². The SMILES string of the molecule is Cc1ccc(S(=O)(=O)O)c(C[C@H]2C[C@H](Cc3cc(C)ccc3S(=O)(=O)O)C(=O)N2)c1. The van der Waals surface area contributed by atoms with E-state index < -0.39 is 26.2 Å². The first-order valence-electron chi connectivity index (χ1n) is 9.29. The van der Waals surface area contributed by atoms with Crippen molar-refractivity contribution in [3.05, 3.63) is 58.7 Å². The van der Waals surface area contributed by atoms with Gasteiger partial charge in [0, 0.05) is 12.0 Å². The van der Waals surface area contributed by atoms with E-state index in [-0.39, 0.29) is 34.6 Å². The molecule has 0 aliphatic carbocycles. The Bertz CT molecular complexity index is 1200. The lowest BCUT2D eigenvalue weighted by atomic mass is 9.93. The third kappa shape index (κ3) is 5.07. The molecule has 8 nitrogen and oxygen atoms in total. The van der Waals surface area contributed by atoms with E-state index in [4.69, 9.17) is 0 Å². The molecule has 162 valence electrons. The number of aryl methyl sites for hydroxylation is 2. The minimum atomic E-state index is -4.42. The van der Waals surface area contributed by atoms with Gasteiger partial charge in [-0.05, 0) is 56.4 Å². The Morgan fingerprint density at radius 3 is 1.80 bits per heavy atom. The van der Waals surface area contributed by atoms with Crippen molar-refractivity contribution >= 4 is 26.1 Å². The quantitative estimate of drug-likeness (QED) is 0.569. The lowest BCUT2D eigenvalue weighted by Crippen LogP contribution is -2.28. The van der Waals surface area contributed by atoms with E-state index in [0.717, 1.165) is 11.1 Å². The fourth-order valence-electron chi connectivity index (χ4n) is 3.91. The smallest absolute Gasteiger partial charge is 0.294 e. The van der Waals surface area contributed by atoms with Crippen LogP contribution in [-0.2, 0) is 37.9 Å². The van der Waals surface area contributed by atoms with Gasteiger partial charge in [0.05, 0.1) is 9.79 Å². The molecule has 1 amide bonds. The summed E-state index contributed by atoms with van der Waals surface area (Å²) in [5, 5.41) is 2.82. The first kappa shape index (κ1) is 22.4. The highest BCUT2D eigenvalue weighted by Crippen LogP contribution is 2.28. The van der Waals surface area contributed by atoms with E-state index in [1.807, 2.05) is 0 Å². The number of rotatable bonds is 6. The zero-order valence-electron chi connectivity index (χ0n) is 16.5. The lowest BCUT2D eigenvalue weighted by Gasteiger charge is -2.14.